The van der Waals surface area contributed by atoms with Gasteiger partial charge in [0.2, 0.25) is 0 Å². The third-order valence-corrected chi connectivity index (χ3v) is 0.661. The fourth-order valence-corrected chi connectivity index (χ4v) is 0.333. The summed E-state index contributed by atoms with van der Waals surface area (Å²) in [7, 11) is 0. The number of aliphatic imine (C=N–C) groups is 1. The van der Waals surface area contributed by atoms with Crippen LogP contribution < -0.4 is 0 Å². The van der Waals surface area contributed by atoms with Gasteiger partial charge in [-0.05, 0) is 13.8 Å². The van der Waals surface area contributed by atoms with Gasteiger partial charge in [-0.3, -0.25) is 5.41 Å². The quantitative estimate of drug-likeness (QED) is 0.379. The summed E-state index contributed by atoms with van der Waals surface area (Å²) >= 11 is 3.33. The number of nitrogens with zero attached hydrogens (tertiary/aromatic N) is 1. The number of hydrogen-bond donors (Lipinski definition) is 1. The average Bonchev–Trinajstić information content (AvgIpc) is 1.59. The lowest BCUT2D eigenvalue weighted by Gasteiger charge is -2.05. The van der Waals surface area contributed by atoms with Gasteiger partial charge < -0.3 is 0 Å². The zero-order chi connectivity index (χ0) is 6.62. The van der Waals surface area contributed by atoms with Crippen molar-refractivity contribution < 1.29 is 0 Å². The van der Waals surface area contributed by atoms with Gasteiger partial charge in [0.25, 0.3) is 0 Å². The Morgan fingerprint density at radius 2 is 2.12 bits per heavy atom. The van der Waals surface area contributed by atoms with E-state index in [1.165, 1.54) is 0 Å². The Hall–Kier alpha value is -0.180. The smallest absolute Gasteiger partial charge is 0.106 e. The Bertz CT molecular complexity index is 101. The molecule has 0 spiro atoms. The second-order valence-electron chi connectivity index (χ2n) is 1.97. The third-order valence-electron chi connectivity index (χ3n) is 0.456. The van der Waals surface area contributed by atoms with Gasteiger partial charge in [-0.2, -0.15) is 0 Å². The summed E-state index contributed by atoms with van der Waals surface area (Å²) in [4.78, 5) is 3.61. The first-order valence-corrected chi connectivity index (χ1v) is 3.08. The highest BCUT2D eigenvalue weighted by Crippen LogP contribution is 2.11. The van der Waals surface area contributed by atoms with Gasteiger partial charge in [0.05, 0.1) is 4.32 Å². The van der Waals surface area contributed by atoms with Crippen molar-refractivity contribution in [2.45, 2.75) is 18.2 Å². The molecule has 1 N–H and O–H groups in total. The molecule has 0 atom stereocenters. The number of rotatable bonds is 2. The molecule has 0 unspecified atom stereocenters. The van der Waals surface area contributed by atoms with Crippen LogP contribution in [0.2, 0.25) is 0 Å². The summed E-state index contributed by atoms with van der Waals surface area (Å²) in [6.45, 7) is 3.92. The molecule has 0 heterocycles. The second kappa shape index (κ2) is 2.97. The van der Waals surface area contributed by atoms with Gasteiger partial charge in [-0.1, -0.05) is 15.9 Å². The molecule has 0 rings (SSSR count). The number of alkyl halides is 1. The van der Waals surface area contributed by atoms with E-state index in [1.54, 1.807) is 6.21 Å². The van der Waals surface area contributed by atoms with Crippen molar-refractivity contribution in [3.05, 3.63) is 0 Å². The minimum Gasteiger partial charge on any atom is -0.290 e. The molecule has 0 radical (unpaired) electrons. The maximum absolute atomic E-state index is 6.54. The van der Waals surface area contributed by atoms with Crippen LogP contribution in [0.15, 0.2) is 4.99 Å². The van der Waals surface area contributed by atoms with E-state index in [1.807, 2.05) is 13.8 Å². The molecule has 3 heteroatoms. The van der Waals surface area contributed by atoms with Crippen molar-refractivity contribution in [3.63, 3.8) is 0 Å². The summed E-state index contributed by atoms with van der Waals surface area (Å²) in [6, 6.07) is 0. The van der Waals surface area contributed by atoms with Crippen molar-refractivity contribution in [2.75, 3.05) is 0 Å². The van der Waals surface area contributed by atoms with Crippen LogP contribution in [0, 0.1) is 5.41 Å². The van der Waals surface area contributed by atoms with Crippen molar-refractivity contribution in [3.8, 4) is 0 Å². The predicted molar refractivity (Wildman–Crippen MR) is 40.3 cm³/mol. The molecule has 0 aliphatic carbocycles. The van der Waals surface area contributed by atoms with E-state index < -0.39 is 0 Å². The molecule has 0 fully saturated rings. The van der Waals surface area contributed by atoms with Gasteiger partial charge >= 0.3 is 0 Å². The van der Waals surface area contributed by atoms with Crippen LogP contribution in [-0.4, -0.2) is 16.9 Å². The molecule has 0 saturated heterocycles. The van der Waals surface area contributed by atoms with Crippen LogP contribution in [0.5, 0.6) is 0 Å². The monoisotopic (exact) mass is 176 g/mol. The maximum atomic E-state index is 6.54. The van der Waals surface area contributed by atoms with Gasteiger partial charge in [0, 0.05) is 6.21 Å². The lowest BCUT2D eigenvalue weighted by Crippen LogP contribution is -2.10. The molecule has 0 bridgehead atoms. The van der Waals surface area contributed by atoms with Crippen LogP contribution >= 0.6 is 15.9 Å². The van der Waals surface area contributed by atoms with Gasteiger partial charge in [-0.25, -0.2) is 4.99 Å². The molecule has 0 aliphatic rings. The van der Waals surface area contributed by atoms with Crippen molar-refractivity contribution in [1.82, 2.24) is 0 Å². The minimum absolute atomic E-state index is 0.0788. The van der Waals surface area contributed by atoms with Crippen LogP contribution in [0.25, 0.3) is 0 Å². The molecular weight excluding hydrogens is 168 g/mol. The highest BCUT2D eigenvalue weighted by molar-refractivity contribution is 9.10. The highest BCUT2D eigenvalue weighted by atomic mass is 79.9. The molecule has 2 nitrogen and oxygen atoms in total. The Labute approximate surface area is 57.6 Å². The number of nitrogens with one attached hydrogen (secondary N) is 1. The van der Waals surface area contributed by atoms with Gasteiger partial charge in [-0.15, -0.1) is 0 Å². The standard InChI is InChI=1S/C5H9BrN2/c1-5(2,6)3-8-4-7/h3-4,7H,1-2H3. The number of hydrogen-bond acceptors (Lipinski definition) is 1. The molecule has 8 heavy (non-hydrogen) atoms. The topological polar surface area (TPSA) is 36.2 Å². The van der Waals surface area contributed by atoms with E-state index in [0.29, 0.717) is 0 Å². The lowest BCUT2D eigenvalue weighted by molar-refractivity contribution is 0.998. The largest absolute Gasteiger partial charge is 0.290 e. The molecule has 0 aromatic heterocycles. The van der Waals surface area contributed by atoms with E-state index in [-0.39, 0.29) is 4.32 Å². The zero-order valence-corrected chi connectivity index (χ0v) is 6.57. The second-order valence-corrected chi connectivity index (χ2v) is 4.02. The number of halogens is 1. The SMILES string of the molecule is CC(C)(Br)C=NC=N. The fraction of sp³-hybridized carbons (Fsp3) is 0.600. The van der Waals surface area contributed by atoms with E-state index in [0.717, 1.165) is 6.34 Å². The normalized spacial score (nSPS) is 12.4. The highest BCUT2D eigenvalue weighted by Gasteiger charge is 2.05. The maximum Gasteiger partial charge on any atom is 0.106 e. The molecule has 0 saturated carbocycles. The van der Waals surface area contributed by atoms with Crippen LogP contribution in [0.1, 0.15) is 13.8 Å². The van der Waals surface area contributed by atoms with Crippen molar-refractivity contribution >= 4 is 28.5 Å². The first kappa shape index (κ1) is 7.82. The minimum atomic E-state index is -0.0788. The van der Waals surface area contributed by atoms with E-state index in [9.17, 15) is 0 Å². The Morgan fingerprint density at radius 3 is 2.25 bits per heavy atom. The van der Waals surface area contributed by atoms with Crippen molar-refractivity contribution in [1.29, 1.82) is 5.41 Å². The van der Waals surface area contributed by atoms with Crippen molar-refractivity contribution in [2.24, 2.45) is 4.99 Å². The fourth-order valence-electron chi connectivity index (χ4n) is 0.215. The van der Waals surface area contributed by atoms with Gasteiger partial charge in [0.15, 0.2) is 0 Å². The average molecular weight is 177 g/mol. The predicted octanol–water partition coefficient (Wildman–Crippen LogP) is 1.84. The summed E-state index contributed by atoms with van der Waals surface area (Å²) in [6.07, 6.45) is 2.68. The first-order chi connectivity index (χ1) is 3.56. The van der Waals surface area contributed by atoms with Crippen LogP contribution in [0.4, 0.5) is 0 Å². The van der Waals surface area contributed by atoms with Crippen LogP contribution in [0.3, 0.4) is 0 Å². The molecule has 0 aliphatic heterocycles. The molecule has 46 valence electrons. The molecule has 0 aromatic carbocycles. The lowest BCUT2D eigenvalue weighted by atomic mass is 10.2. The summed E-state index contributed by atoms with van der Waals surface area (Å²) in [5.41, 5.74) is 0. The molecular formula is C5H9BrN2. The van der Waals surface area contributed by atoms with Gasteiger partial charge in [0.1, 0.15) is 6.34 Å². The zero-order valence-electron chi connectivity index (χ0n) is 4.98. The summed E-state index contributed by atoms with van der Waals surface area (Å²) in [5, 5.41) is 6.54. The Kier molecular flexibility index (Phi) is 2.90. The first-order valence-electron chi connectivity index (χ1n) is 2.28. The third kappa shape index (κ3) is 5.82. The summed E-state index contributed by atoms with van der Waals surface area (Å²) in [5.74, 6) is 0. The van der Waals surface area contributed by atoms with E-state index in [2.05, 4.69) is 20.9 Å². The van der Waals surface area contributed by atoms with E-state index in [4.69, 9.17) is 5.41 Å². The Morgan fingerprint density at radius 1 is 1.62 bits per heavy atom. The molecule has 0 amide bonds. The Balaban J connectivity index is 3.69. The molecule has 0 aromatic rings. The van der Waals surface area contributed by atoms with Crippen LogP contribution in [-0.2, 0) is 0 Å². The van der Waals surface area contributed by atoms with E-state index >= 15 is 0 Å². The summed E-state index contributed by atoms with van der Waals surface area (Å²) < 4.78 is -0.0788.